The van der Waals surface area contributed by atoms with Gasteiger partial charge in [-0.05, 0) is 11.6 Å². The van der Waals surface area contributed by atoms with Crippen molar-refractivity contribution in [3.63, 3.8) is 0 Å². The summed E-state index contributed by atoms with van der Waals surface area (Å²) in [4.78, 5) is 1.33. The number of halogens is 6. The van der Waals surface area contributed by atoms with E-state index in [2.05, 4.69) is 0 Å². The van der Waals surface area contributed by atoms with Crippen molar-refractivity contribution in [3.8, 4) is 0 Å². The van der Waals surface area contributed by atoms with Crippen molar-refractivity contribution in [3.05, 3.63) is 35.4 Å². The number of hydrogen-bond donors (Lipinski definition) is 0. The lowest BCUT2D eigenvalue weighted by Gasteiger charge is -2.21. The molecule has 0 bridgehead atoms. The Morgan fingerprint density at radius 1 is 1.21 bits per heavy atom. The normalized spacial score (nSPS) is 12.4. The molecule has 0 spiro atoms. The van der Waals surface area contributed by atoms with Crippen LogP contribution in [0.15, 0.2) is 24.3 Å². The van der Waals surface area contributed by atoms with Crippen molar-refractivity contribution < 1.29 is 22.0 Å². The van der Waals surface area contributed by atoms with E-state index in [-0.39, 0.29) is 19.0 Å². The number of alkyl halides is 6. The number of rotatable bonds is 6. The molecule has 0 aliphatic carbocycles. The first-order valence-corrected chi connectivity index (χ1v) is 6.09. The predicted molar refractivity (Wildman–Crippen MR) is 63.4 cm³/mol. The maximum Gasteiger partial charge on any atom is 0.416 e. The Balaban J connectivity index is 2.79. The smallest absolute Gasteiger partial charge is 0.292 e. The van der Waals surface area contributed by atoms with Crippen LogP contribution in [0, 0.1) is 0 Å². The summed E-state index contributed by atoms with van der Waals surface area (Å²) in [7, 11) is 0. The molecule has 0 N–H and O–H groups in total. The molecule has 0 saturated carbocycles. The van der Waals surface area contributed by atoms with Gasteiger partial charge in [-0.1, -0.05) is 18.2 Å². The summed E-state index contributed by atoms with van der Waals surface area (Å²) in [5, 5.41) is 0. The van der Waals surface area contributed by atoms with E-state index in [1.807, 2.05) is 0 Å². The van der Waals surface area contributed by atoms with Gasteiger partial charge >= 0.3 is 6.18 Å². The van der Waals surface area contributed by atoms with Gasteiger partial charge in [-0.2, -0.15) is 13.2 Å². The minimum atomic E-state index is -4.43. The highest BCUT2D eigenvalue weighted by molar-refractivity contribution is 6.18. The molecule has 0 aromatic heterocycles. The quantitative estimate of drug-likeness (QED) is 0.567. The molecule has 1 aromatic rings. The number of nitrogens with zero attached hydrogens (tertiary/aromatic N) is 1. The van der Waals surface area contributed by atoms with Crippen LogP contribution >= 0.6 is 11.6 Å². The highest BCUT2D eigenvalue weighted by Crippen LogP contribution is 2.29. The van der Waals surface area contributed by atoms with E-state index in [9.17, 15) is 22.0 Å². The first-order chi connectivity index (χ1) is 8.82. The van der Waals surface area contributed by atoms with Gasteiger partial charge in [-0.15, -0.1) is 11.6 Å². The summed E-state index contributed by atoms with van der Waals surface area (Å²) >= 11 is 5.48. The van der Waals surface area contributed by atoms with Crippen LogP contribution in [0.2, 0.25) is 0 Å². The molecule has 19 heavy (non-hydrogen) atoms. The fourth-order valence-electron chi connectivity index (χ4n) is 1.65. The summed E-state index contributed by atoms with van der Waals surface area (Å²) in [6.45, 7) is -0.300. The molecule has 0 saturated heterocycles. The van der Waals surface area contributed by atoms with Gasteiger partial charge in [0.1, 0.15) is 0 Å². The summed E-state index contributed by atoms with van der Waals surface area (Å²) in [5.74, 6) is 0.145. The van der Waals surface area contributed by atoms with E-state index in [0.717, 1.165) is 12.1 Å². The molecule has 0 fully saturated rings. The van der Waals surface area contributed by atoms with Crippen LogP contribution in [-0.2, 0) is 12.7 Å². The van der Waals surface area contributed by atoms with Crippen molar-refractivity contribution >= 4 is 11.6 Å². The fraction of sp³-hybridized carbons (Fsp3) is 0.500. The fourth-order valence-corrected chi connectivity index (χ4v) is 1.89. The largest absolute Gasteiger partial charge is 0.416 e. The molecule has 0 radical (unpaired) electrons. The van der Waals surface area contributed by atoms with Gasteiger partial charge in [0, 0.05) is 19.0 Å². The minimum Gasteiger partial charge on any atom is -0.292 e. The van der Waals surface area contributed by atoms with Crippen LogP contribution in [-0.4, -0.2) is 30.3 Å². The monoisotopic (exact) mass is 301 g/mol. The topological polar surface area (TPSA) is 3.24 Å². The van der Waals surface area contributed by atoms with Crippen LogP contribution in [0.3, 0.4) is 0 Å². The SMILES string of the molecule is FC(F)CN(CCCl)Cc1cccc(C(F)(F)F)c1. The zero-order valence-corrected chi connectivity index (χ0v) is 10.7. The first-order valence-electron chi connectivity index (χ1n) is 5.55. The van der Waals surface area contributed by atoms with Gasteiger partial charge in [0.25, 0.3) is 6.43 Å². The average Bonchev–Trinajstić information content (AvgIpc) is 2.27. The van der Waals surface area contributed by atoms with Crippen LogP contribution in [0.1, 0.15) is 11.1 Å². The molecule has 1 aromatic carbocycles. The second kappa shape index (κ2) is 7.05. The molecular weight excluding hydrogens is 289 g/mol. The van der Waals surface area contributed by atoms with E-state index in [1.54, 1.807) is 0 Å². The lowest BCUT2D eigenvalue weighted by molar-refractivity contribution is -0.137. The van der Waals surface area contributed by atoms with Crippen molar-refractivity contribution in [2.24, 2.45) is 0 Å². The van der Waals surface area contributed by atoms with Gasteiger partial charge in [0.2, 0.25) is 0 Å². The third-order valence-corrected chi connectivity index (χ3v) is 2.63. The van der Waals surface area contributed by atoms with E-state index in [0.29, 0.717) is 5.56 Å². The summed E-state index contributed by atoms with van der Waals surface area (Å²) < 4.78 is 62.2. The lowest BCUT2D eigenvalue weighted by Crippen LogP contribution is -2.30. The lowest BCUT2D eigenvalue weighted by atomic mass is 10.1. The highest BCUT2D eigenvalue weighted by Gasteiger charge is 2.30. The second-order valence-electron chi connectivity index (χ2n) is 4.01. The van der Waals surface area contributed by atoms with Gasteiger partial charge < -0.3 is 0 Å². The molecule has 108 valence electrons. The minimum absolute atomic E-state index is 0.0149. The van der Waals surface area contributed by atoms with Crippen LogP contribution < -0.4 is 0 Å². The molecule has 7 heteroatoms. The zero-order valence-electron chi connectivity index (χ0n) is 9.93. The van der Waals surface area contributed by atoms with E-state index in [4.69, 9.17) is 11.6 Å². The summed E-state index contributed by atoms with van der Waals surface area (Å²) in [5.41, 5.74) is -0.450. The second-order valence-corrected chi connectivity index (χ2v) is 4.39. The molecule has 0 aliphatic rings. The standard InChI is InChI=1S/C12H13ClF5N/c13-4-5-19(8-11(14)15)7-9-2-1-3-10(6-9)12(16,17)18/h1-3,6,11H,4-5,7-8H2. The Morgan fingerprint density at radius 3 is 2.42 bits per heavy atom. The van der Waals surface area contributed by atoms with Gasteiger partial charge in [-0.25, -0.2) is 8.78 Å². The number of hydrogen-bond acceptors (Lipinski definition) is 1. The van der Waals surface area contributed by atoms with Crippen molar-refractivity contribution in [2.45, 2.75) is 19.1 Å². The zero-order chi connectivity index (χ0) is 14.5. The highest BCUT2D eigenvalue weighted by atomic mass is 35.5. The van der Waals surface area contributed by atoms with Crippen molar-refractivity contribution in [1.82, 2.24) is 4.90 Å². The Bertz CT molecular complexity index is 394. The maximum atomic E-state index is 12.5. The maximum absolute atomic E-state index is 12.5. The summed E-state index contributed by atoms with van der Waals surface area (Å²) in [6, 6.07) is 4.65. The van der Waals surface area contributed by atoms with Crippen LogP contribution in [0.4, 0.5) is 22.0 Å². The van der Waals surface area contributed by atoms with E-state index in [1.165, 1.54) is 17.0 Å². The third kappa shape index (κ3) is 5.74. The van der Waals surface area contributed by atoms with E-state index >= 15 is 0 Å². The van der Waals surface area contributed by atoms with Crippen molar-refractivity contribution in [2.75, 3.05) is 19.0 Å². The molecule has 0 unspecified atom stereocenters. The van der Waals surface area contributed by atoms with E-state index < -0.39 is 24.7 Å². The van der Waals surface area contributed by atoms with Gasteiger partial charge in [0.15, 0.2) is 0 Å². The van der Waals surface area contributed by atoms with Crippen LogP contribution in [0.5, 0.6) is 0 Å². The predicted octanol–water partition coefficient (Wildman–Crippen LogP) is 4.01. The molecule has 1 nitrogen and oxygen atoms in total. The van der Waals surface area contributed by atoms with Gasteiger partial charge in [0.05, 0.1) is 12.1 Å². The Labute approximate surface area is 113 Å². The third-order valence-electron chi connectivity index (χ3n) is 2.46. The Morgan fingerprint density at radius 2 is 1.89 bits per heavy atom. The molecule has 0 heterocycles. The molecule has 0 amide bonds. The Hall–Kier alpha value is -0.880. The molecule has 1 rings (SSSR count). The van der Waals surface area contributed by atoms with Crippen LogP contribution in [0.25, 0.3) is 0 Å². The van der Waals surface area contributed by atoms with Gasteiger partial charge in [-0.3, -0.25) is 4.90 Å². The van der Waals surface area contributed by atoms with Crippen molar-refractivity contribution in [1.29, 1.82) is 0 Å². The average molecular weight is 302 g/mol. The summed E-state index contributed by atoms with van der Waals surface area (Å²) in [6.07, 6.45) is -6.98. The first kappa shape index (κ1) is 16.2. The molecule has 0 aliphatic heterocycles. The number of benzene rings is 1. The Kier molecular flexibility index (Phi) is 6.00. The molecule has 0 atom stereocenters. The molecular formula is C12H13ClF5N.